The van der Waals surface area contributed by atoms with Gasteiger partial charge in [-0.3, -0.25) is 0 Å². The molecule has 0 saturated heterocycles. The van der Waals surface area contributed by atoms with E-state index in [1.807, 2.05) is 0 Å². The topological polar surface area (TPSA) is 9.23 Å². The first-order chi connectivity index (χ1) is 16.2. The van der Waals surface area contributed by atoms with E-state index in [9.17, 15) is 0 Å². The normalized spacial score (nSPS) is 26.0. The number of aryl methyl sites for hydroxylation is 1. The predicted molar refractivity (Wildman–Crippen MR) is 143 cm³/mol. The molecule has 0 spiro atoms. The van der Waals surface area contributed by atoms with Crippen molar-refractivity contribution in [2.24, 2.45) is 23.7 Å². The van der Waals surface area contributed by atoms with Crippen molar-refractivity contribution in [2.45, 2.75) is 84.0 Å². The quantitative estimate of drug-likeness (QED) is 0.332. The summed E-state index contributed by atoms with van der Waals surface area (Å²) in [5.41, 5.74) is 1.49. The van der Waals surface area contributed by atoms with Crippen molar-refractivity contribution in [1.82, 2.24) is 0 Å². The Morgan fingerprint density at radius 1 is 0.879 bits per heavy atom. The fraction of sp³-hybridized carbons (Fsp3) is 0.562. The number of hydrogen-bond donors (Lipinski definition) is 0. The fourth-order valence-corrected chi connectivity index (χ4v) is 6.26. The van der Waals surface area contributed by atoms with E-state index in [4.69, 9.17) is 4.74 Å². The molecule has 0 aliphatic heterocycles. The molecule has 0 N–H and O–H groups in total. The maximum absolute atomic E-state index is 5.68. The summed E-state index contributed by atoms with van der Waals surface area (Å²) < 4.78 is 5.68. The van der Waals surface area contributed by atoms with Crippen molar-refractivity contribution in [2.75, 3.05) is 6.61 Å². The molecule has 0 heterocycles. The van der Waals surface area contributed by atoms with Crippen molar-refractivity contribution in [3.8, 4) is 5.75 Å². The Labute approximate surface area is 202 Å². The molecule has 2 aromatic carbocycles. The third-order valence-corrected chi connectivity index (χ3v) is 8.32. The van der Waals surface area contributed by atoms with Gasteiger partial charge in [0.25, 0.3) is 0 Å². The lowest BCUT2D eigenvalue weighted by Crippen LogP contribution is -2.25. The number of benzene rings is 2. The second kappa shape index (κ2) is 12.4. The zero-order valence-corrected chi connectivity index (χ0v) is 20.8. The molecule has 1 heteroatoms. The molecular formula is C32H44O. The lowest BCUT2D eigenvalue weighted by atomic mass is 9.68. The number of rotatable bonds is 10. The van der Waals surface area contributed by atoms with Crippen LogP contribution in [0, 0.1) is 23.7 Å². The molecule has 1 nitrogen and oxygen atoms in total. The molecule has 0 atom stereocenters. The Morgan fingerprint density at radius 2 is 1.58 bits per heavy atom. The molecule has 178 valence electrons. The van der Waals surface area contributed by atoms with Gasteiger partial charge >= 0.3 is 0 Å². The van der Waals surface area contributed by atoms with Crippen molar-refractivity contribution in [3.05, 3.63) is 66.8 Å². The molecule has 2 aromatic rings. The SMILES string of the molecule is C=CCOc1ccc2cc(CCC3CCC(C4CCC(/C=C/CCC)CC4)CC3)ccc2c1. The van der Waals surface area contributed by atoms with Crippen LogP contribution in [0.4, 0.5) is 0 Å². The summed E-state index contributed by atoms with van der Waals surface area (Å²) >= 11 is 0. The summed E-state index contributed by atoms with van der Waals surface area (Å²) in [4.78, 5) is 0. The van der Waals surface area contributed by atoms with Crippen LogP contribution in [-0.4, -0.2) is 6.61 Å². The molecule has 2 aliphatic carbocycles. The van der Waals surface area contributed by atoms with Crippen LogP contribution in [0.5, 0.6) is 5.75 Å². The van der Waals surface area contributed by atoms with Gasteiger partial charge in [0.2, 0.25) is 0 Å². The summed E-state index contributed by atoms with van der Waals surface area (Å²) in [5, 5.41) is 2.58. The summed E-state index contributed by atoms with van der Waals surface area (Å²) in [6.45, 7) is 6.56. The van der Waals surface area contributed by atoms with Crippen LogP contribution in [0.1, 0.15) is 83.1 Å². The van der Waals surface area contributed by atoms with Crippen LogP contribution in [0.3, 0.4) is 0 Å². The largest absolute Gasteiger partial charge is 0.490 e. The highest BCUT2D eigenvalue weighted by molar-refractivity contribution is 5.84. The monoisotopic (exact) mass is 444 g/mol. The molecule has 0 radical (unpaired) electrons. The first-order valence-electron chi connectivity index (χ1n) is 13.7. The summed E-state index contributed by atoms with van der Waals surface area (Å²) in [6, 6.07) is 13.4. The third kappa shape index (κ3) is 6.98. The minimum atomic E-state index is 0.559. The first-order valence-corrected chi connectivity index (χ1v) is 13.7. The van der Waals surface area contributed by atoms with Crippen LogP contribution < -0.4 is 4.74 Å². The highest BCUT2D eigenvalue weighted by atomic mass is 16.5. The van der Waals surface area contributed by atoms with Crippen LogP contribution in [0.25, 0.3) is 10.8 Å². The van der Waals surface area contributed by atoms with E-state index in [0.717, 1.165) is 29.4 Å². The average Bonchev–Trinajstić information content (AvgIpc) is 2.87. The fourth-order valence-electron chi connectivity index (χ4n) is 6.26. The van der Waals surface area contributed by atoms with Crippen LogP contribution in [0.15, 0.2) is 61.2 Å². The van der Waals surface area contributed by atoms with Crippen LogP contribution in [0.2, 0.25) is 0 Å². The lowest BCUT2D eigenvalue weighted by molar-refractivity contribution is 0.152. The Hall–Kier alpha value is -2.02. The molecule has 0 amide bonds. The van der Waals surface area contributed by atoms with E-state index in [0.29, 0.717) is 6.61 Å². The third-order valence-electron chi connectivity index (χ3n) is 8.32. The maximum Gasteiger partial charge on any atom is 0.120 e. The van der Waals surface area contributed by atoms with Gasteiger partial charge in [0.15, 0.2) is 0 Å². The number of unbranched alkanes of at least 4 members (excludes halogenated alkanes) is 1. The summed E-state index contributed by atoms with van der Waals surface area (Å²) in [6.07, 6.45) is 23.6. The van der Waals surface area contributed by atoms with Crippen molar-refractivity contribution in [1.29, 1.82) is 0 Å². The van der Waals surface area contributed by atoms with Gasteiger partial charge in [-0.15, -0.1) is 0 Å². The molecule has 2 saturated carbocycles. The second-order valence-corrected chi connectivity index (χ2v) is 10.7. The number of allylic oxidation sites excluding steroid dienone is 2. The van der Waals surface area contributed by atoms with E-state index in [2.05, 4.69) is 62.1 Å². The van der Waals surface area contributed by atoms with E-state index >= 15 is 0 Å². The zero-order chi connectivity index (χ0) is 22.9. The molecule has 0 aromatic heterocycles. The Morgan fingerprint density at radius 3 is 2.30 bits per heavy atom. The Kier molecular flexibility index (Phi) is 9.09. The lowest BCUT2D eigenvalue weighted by Gasteiger charge is -2.37. The molecule has 2 fully saturated rings. The number of ether oxygens (including phenoxy) is 1. The smallest absolute Gasteiger partial charge is 0.120 e. The average molecular weight is 445 g/mol. The van der Waals surface area contributed by atoms with Gasteiger partial charge < -0.3 is 4.74 Å². The van der Waals surface area contributed by atoms with E-state index in [1.54, 1.807) is 6.08 Å². The second-order valence-electron chi connectivity index (χ2n) is 10.7. The molecule has 0 unspecified atom stereocenters. The predicted octanol–water partition coefficient (Wildman–Crippen LogP) is 9.31. The van der Waals surface area contributed by atoms with Gasteiger partial charge in [-0.2, -0.15) is 0 Å². The highest BCUT2D eigenvalue weighted by Crippen LogP contribution is 2.42. The molecule has 0 bridgehead atoms. The molecule has 33 heavy (non-hydrogen) atoms. The van der Waals surface area contributed by atoms with Crippen LogP contribution >= 0.6 is 0 Å². The van der Waals surface area contributed by atoms with Crippen molar-refractivity contribution in [3.63, 3.8) is 0 Å². The van der Waals surface area contributed by atoms with E-state index < -0.39 is 0 Å². The van der Waals surface area contributed by atoms with Crippen molar-refractivity contribution < 1.29 is 4.74 Å². The van der Waals surface area contributed by atoms with Gasteiger partial charge in [0, 0.05) is 0 Å². The minimum absolute atomic E-state index is 0.559. The summed E-state index contributed by atoms with van der Waals surface area (Å²) in [7, 11) is 0. The molecular weight excluding hydrogens is 400 g/mol. The number of fused-ring (bicyclic) bond motifs is 1. The van der Waals surface area contributed by atoms with Gasteiger partial charge in [-0.1, -0.05) is 75.3 Å². The Bertz CT molecular complexity index is 894. The summed E-state index contributed by atoms with van der Waals surface area (Å²) in [5.74, 6) is 4.76. The van der Waals surface area contributed by atoms with Crippen LogP contribution in [-0.2, 0) is 6.42 Å². The van der Waals surface area contributed by atoms with Gasteiger partial charge in [-0.05, 0) is 110 Å². The standard InChI is InChI=1S/C32H44O/c1-3-5-6-7-25-10-15-28(16-11-25)29-17-12-26(13-18-29)8-9-27-14-19-31-24-32(33-22-4-2)21-20-30(31)23-27/h4,6-7,14,19-21,23-26,28-29H,2-3,5,8-13,15-18,22H2,1H3/b7-6+. The first kappa shape index (κ1) is 24.1. The minimum Gasteiger partial charge on any atom is -0.490 e. The van der Waals surface area contributed by atoms with E-state index in [-0.39, 0.29) is 0 Å². The molecule has 4 rings (SSSR count). The van der Waals surface area contributed by atoms with Gasteiger partial charge in [0.1, 0.15) is 12.4 Å². The zero-order valence-electron chi connectivity index (χ0n) is 20.8. The molecule has 2 aliphatic rings. The van der Waals surface area contributed by atoms with E-state index in [1.165, 1.54) is 93.4 Å². The van der Waals surface area contributed by atoms with Crippen molar-refractivity contribution >= 4 is 10.8 Å². The highest BCUT2D eigenvalue weighted by Gasteiger charge is 2.30. The maximum atomic E-state index is 5.68. The Balaban J connectivity index is 1.20. The van der Waals surface area contributed by atoms with Gasteiger partial charge in [0.05, 0.1) is 0 Å². The number of hydrogen-bond acceptors (Lipinski definition) is 1. The van der Waals surface area contributed by atoms with Gasteiger partial charge in [-0.25, -0.2) is 0 Å².